The van der Waals surface area contributed by atoms with Crippen molar-refractivity contribution in [2.75, 3.05) is 23.7 Å². The van der Waals surface area contributed by atoms with Crippen LogP contribution in [-0.4, -0.2) is 39.8 Å². The van der Waals surface area contributed by atoms with Gasteiger partial charge >= 0.3 is 0 Å². The highest BCUT2D eigenvalue weighted by Crippen LogP contribution is 2.21. The van der Waals surface area contributed by atoms with Gasteiger partial charge in [0.05, 0.1) is 18.5 Å². The molecular weight excluding hydrogens is 395 g/mol. The van der Waals surface area contributed by atoms with Gasteiger partial charge in [-0.15, -0.1) is 0 Å². The molecular formula is C21H27FN2O4S. The molecule has 1 amide bonds. The van der Waals surface area contributed by atoms with Gasteiger partial charge in [-0.3, -0.25) is 9.10 Å². The molecule has 0 aliphatic rings. The number of carbonyl (C=O) groups excluding carboxylic acids is 1. The van der Waals surface area contributed by atoms with Gasteiger partial charge in [-0.1, -0.05) is 25.5 Å². The second-order valence-electron chi connectivity index (χ2n) is 6.74. The number of carbonyl (C=O) groups is 1. The molecule has 1 unspecified atom stereocenters. The normalized spacial score (nSPS) is 12.3. The summed E-state index contributed by atoms with van der Waals surface area (Å²) in [4.78, 5) is 12.5. The summed E-state index contributed by atoms with van der Waals surface area (Å²) in [5.41, 5.74) is 1.46. The summed E-state index contributed by atoms with van der Waals surface area (Å²) < 4.78 is 44.1. The zero-order chi connectivity index (χ0) is 21.4. The van der Waals surface area contributed by atoms with E-state index in [1.807, 2.05) is 24.3 Å². The van der Waals surface area contributed by atoms with Crippen molar-refractivity contribution in [3.05, 3.63) is 59.9 Å². The SMILES string of the molecule is CCCc1ccc(OCCNC(=O)C(C)N(c2ccc(F)cc2)S(C)(=O)=O)cc1. The zero-order valence-corrected chi connectivity index (χ0v) is 17.7. The monoisotopic (exact) mass is 422 g/mol. The Morgan fingerprint density at radius 1 is 1.14 bits per heavy atom. The minimum absolute atomic E-state index is 0.222. The largest absolute Gasteiger partial charge is 0.492 e. The molecule has 158 valence electrons. The van der Waals surface area contributed by atoms with Gasteiger partial charge in [0.15, 0.2) is 0 Å². The number of hydrogen-bond acceptors (Lipinski definition) is 4. The molecule has 0 spiro atoms. The molecule has 29 heavy (non-hydrogen) atoms. The van der Waals surface area contributed by atoms with E-state index in [2.05, 4.69) is 12.2 Å². The van der Waals surface area contributed by atoms with Crippen molar-refractivity contribution in [2.24, 2.45) is 0 Å². The van der Waals surface area contributed by atoms with Crippen LogP contribution >= 0.6 is 0 Å². The predicted octanol–water partition coefficient (Wildman–Crippen LogP) is 3.13. The van der Waals surface area contributed by atoms with Crippen molar-refractivity contribution in [3.63, 3.8) is 0 Å². The van der Waals surface area contributed by atoms with Crippen LogP contribution in [0, 0.1) is 5.82 Å². The second-order valence-corrected chi connectivity index (χ2v) is 8.60. The van der Waals surface area contributed by atoms with E-state index in [4.69, 9.17) is 4.74 Å². The first-order valence-corrected chi connectivity index (χ1v) is 11.3. The van der Waals surface area contributed by atoms with E-state index in [9.17, 15) is 17.6 Å². The van der Waals surface area contributed by atoms with Gasteiger partial charge in [-0.25, -0.2) is 12.8 Å². The first-order valence-electron chi connectivity index (χ1n) is 9.46. The Balaban J connectivity index is 1.91. The van der Waals surface area contributed by atoms with E-state index < -0.39 is 27.8 Å². The molecule has 0 fully saturated rings. The van der Waals surface area contributed by atoms with E-state index in [1.165, 1.54) is 24.6 Å². The van der Waals surface area contributed by atoms with Crippen LogP contribution in [-0.2, 0) is 21.2 Å². The molecule has 0 saturated heterocycles. The van der Waals surface area contributed by atoms with Crippen molar-refractivity contribution < 1.29 is 22.3 Å². The van der Waals surface area contributed by atoms with Crippen molar-refractivity contribution >= 4 is 21.6 Å². The van der Waals surface area contributed by atoms with Crippen LogP contribution in [0.25, 0.3) is 0 Å². The molecule has 2 aromatic rings. The summed E-state index contributed by atoms with van der Waals surface area (Å²) >= 11 is 0. The average molecular weight is 423 g/mol. The molecule has 1 N–H and O–H groups in total. The van der Waals surface area contributed by atoms with Crippen LogP contribution in [0.2, 0.25) is 0 Å². The number of ether oxygens (including phenoxy) is 1. The predicted molar refractivity (Wildman–Crippen MR) is 112 cm³/mol. The van der Waals surface area contributed by atoms with Crippen molar-refractivity contribution in [2.45, 2.75) is 32.7 Å². The van der Waals surface area contributed by atoms with Gasteiger partial charge < -0.3 is 10.1 Å². The summed E-state index contributed by atoms with van der Waals surface area (Å²) in [5, 5.41) is 2.67. The van der Waals surface area contributed by atoms with E-state index >= 15 is 0 Å². The second kappa shape index (κ2) is 10.2. The molecule has 0 bridgehead atoms. The molecule has 1 atom stereocenters. The number of halogens is 1. The topological polar surface area (TPSA) is 75.7 Å². The van der Waals surface area contributed by atoms with Crippen LogP contribution in [0.3, 0.4) is 0 Å². The highest BCUT2D eigenvalue weighted by atomic mass is 32.2. The number of nitrogens with zero attached hydrogens (tertiary/aromatic N) is 1. The van der Waals surface area contributed by atoms with Crippen LogP contribution < -0.4 is 14.4 Å². The third kappa shape index (κ3) is 6.74. The highest BCUT2D eigenvalue weighted by molar-refractivity contribution is 7.92. The number of aryl methyl sites for hydroxylation is 1. The lowest BCUT2D eigenvalue weighted by molar-refractivity contribution is -0.121. The summed E-state index contributed by atoms with van der Waals surface area (Å²) in [6.45, 7) is 4.07. The third-order valence-electron chi connectivity index (χ3n) is 4.30. The fourth-order valence-corrected chi connectivity index (χ4v) is 4.10. The lowest BCUT2D eigenvalue weighted by atomic mass is 10.1. The molecule has 2 rings (SSSR count). The number of hydrogen-bond donors (Lipinski definition) is 1. The molecule has 0 aromatic heterocycles. The molecule has 0 radical (unpaired) electrons. The fourth-order valence-electron chi connectivity index (χ4n) is 2.93. The Morgan fingerprint density at radius 2 is 1.76 bits per heavy atom. The van der Waals surface area contributed by atoms with E-state index in [0.717, 1.165) is 35.5 Å². The molecule has 0 saturated carbocycles. The van der Waals surface area contributed by atoms with Gasteiger partial charge in [-0.2, -0.15) is 0 Å². The molecule has 0 aliphatic heterocycles. The van der Waals surface area contributed by atoms with Gasteiger partial charge in [0, 0.05) is 0 Å². The first-order chi connectivity index (χ1) is 13.7. The molecule has 0 heterocycles. The van der Waals surface area contributed by atoms with Crippen molar-refractivity contribution in [1.82, 2.24) is 5.32 Å². The van der Waals surface area contributed by atoms with Gasteiger partial charge in [0.2, 0.25) is 15.9 Å². The molecule has 8 heteroatoms. The third-order valence-corrected chi connectivity index (χ3v) is 5.54. The van der Waals surface area contributed by atoms with E-state index in [-0.39, 0.29) is 18.8 Å². The molecule has 0 aliphatic carbocycles. The number of sulfonamides is 1. The Hall–Kier alpha value is -2.61. The van der Waals surface area contributed by atoms with Gasteiger partial charge in [0.1, 0.15) is 24.2 Å². The molecule has 6 nitrogen and oxygen atoms in total. The lowest BCUT2D eigenvalue weighted by Gasteiger charge is -2.28. The number of anilines is 1. The Morgan fingerprint density at radius 3 is 2.31 bits per heavy atom. The fraction of sp³-hybridized carbons (Fsp3) is 0.381. The standard InChI is InChI=1S/C21H27FN2O4S/c1-4-5-17-6-12-20(13-7-17)28-15-14-23-21(25)16(2)24(29(3,26)27)19-10-8-18(22)9-11-19/h6-13,16H,4-5,14-15H2,1-3H3,(H,23,25). The van der Waals surface area contributed by atoms with E-state index in [0.29, 0.717) is 5.75 Å². The summed E-state index contributed by atoms with van der Waals surface area (Å²) in [5.74, 6) is -0.253. The Bertz CT molecular complexity index is 899. The summed E-state index contributed by atoms with van der Waals surface area (Å²) in [7, 11) is -3.74. The summed E-state index contributed by atoms with van der Waals surface area (Å²) in [6, 6.07) is 11.7. The minimum Gasteiger partial charge on any atom is -0.492 e. The number of benzene rings is 2. The zero-order valence-electron chi connectivity index (χ0n) is 16.9. The Kier molecular flexibility index (Phi) is 8.01. The Labute approximate surface area is 171 Å². The molecule has 2 aromatic carbocycles. The number of amides is 1. The lowest BCUT2D eigenvalue weighted by Crippen LogP contribution is -2.48. The number of rotatable bonds is 10. The van der Waals surface area contributed by atoms with Crippen LogP contribution in [0.15, 0.2) is 48.5 Å². The van der Waals surface area contributed by atoms with E-state index in [1.54, 1.807) is 0 Å². The van der Waals surface area contributed by atoms with Crippen LogP contribution in [0.5, 0.6) is 5.75 Å². The van der Waals surface area contributed by atoms with Gasteiger partial charge in [0.25, 0.3) is 0 Å². The maximum absolute atomic E-state index is 13.2. The van der Waals surface area contributed by atoms with Crippen LogP contribution in [0.4, 0.5) is 10.1 Å². The first kappa shape index (κ1) is 22.7. The quantitative estimate of drug-likeness (QED) is 0.597. The van der Waals surface area contributed by atoms with Gasteiger partial charge in [-0.05, 0) is 55.3 Å². The minimum atomic E-state index is -3.74. The van der Waals surface area contributed by atoms with Crippen LogP contribution in [0.1, 0.15) is 25.8 Å². The number of nitrogens with one attached hydrogen (secondary N) is 1. The maximum atomic E-state index is 13.2. The summed E-state index contributed by atoms with van der Waals surface area (Å²) in [6.07, 6.45) is 3.09. The highest BCUT2D eigenvalue weighted by Gasteiger charge is 2.28. The van der Waals surface area contributed by atoms with Crippen molar-refractivity contribution in [3.8, 4) is 5.75 Å². The van der Waals surface area contributed by atoms with Crippen molar-refractivity contribution in [1.29, 1.82) is 0 Å². The maximum Gasteiger partial charge on any atom is 0.243 e. The average Bonchev–Trinajstić information content (AvgIpc) is 2.67. The smallest absolute Gasteiger partial charge is 0.243 e.